The van der Waals surface area contributed by atoms with E-state index in [1.807, 2.05) is 0 Å². The third-order valence-electron chi connectivity index (χ3n) is 0.904. The summed E-state index contributed by atoms with van der Waals surface area (Å²) < 4.78 is 35.9. The van der Waals surface area contributed by atoms with E-state index in [9.17, 15) is 13.2 Å². The van der Waals surface area contributed by atoms with E-state index in [-0.39, 0.29) is 6.61 Å². The number of aliphatic hydroxyl groups excluding tert-OH is 1. The lowest BCUT2D eigenvalue weighted by Gasteiger charge is -1.90. The van der Waals surface area contributed by atoms with E-state index in [2.05, 4.69) is 0 Å². The normalized spacial score (nSPS) is 8.75. The maximum atomic E-state index is 12.0. The van der Waals surface area contributed by atoms with Gasteiger partial charge in [0.1, 0.15) is 0 Å². The first-order valence-electron chi connectivity index (χ1n) is 3.33. The van der Waals surface area contributed by atoms with Crippen molar-refractivity contribution in [2.45, 2.75) is 6.92 Å². The Morgan fingerprint density at radius 1 is 1.17 bits per heavy atom. The molecule has 0 amide bonds. The van der Waals surface area contributed by atoms with Crippen LogP contribution in [-0.4, -0.2) is 11.7 Å². The number of hydrogen-bond donors (Lipinski definition) is 1. The fourth-order valence-corrected chi connectivity index (χ4v) is 0.477. The second-order valence-electron chi connectivity index (χ2n) is 1.85. The smallest absolute Gasteiger partial charge is 0.194 e. The van der Waals surface area contributed by atoms with Gasteiger partial charge in [-0.25, -0.2) is 13.2 Å². The first-order valence-corrected chi connectivity index (χ1v) is 3.33. The van der Waals surface area contributed by atoms with Gasteiger partial charge in [0.15, 0.2) is 17.5 Å². The third kappa shape index (κ3) is 3.39. The summed E-state index contributed by atoms with van der Waals surface area (Å²) in [6.07, 6.45) is 0. The van der Waals surface area contributed by atoms with Crippen LogP contribution in [-0.2, 0) is 0 Å². The average molecular weight is 178 g/mol. The SMILES string of the molecule is CCO.Fc1cccc(F)c1F. The van der Waals surface area contributed by atoms with E-state index >= 15 is 0 Å². The zero-order valence-electron chi connectivity index (χ0n) is 6.52. The van der Waals surface area contributed by atoms with Crippen molar-refractivity contribution < 1.29 is 18.3 Å². The fraction of sp³-hybridized carbons (Fsp3) is 0.250. The van der Waals surface area contributed by atoms with Crippen LogP contribution in [0.4, 0.5) is 13.2 Å². The maximum absolute atomic E-state index is 12.0. The van der Waals surface area contributed by atoms with E-state index < -0.39 is 17.5 Å². The van der Waals surface area contributed by atoms with Crippen LogP contribution in [0.15, 0.2) is 18.2 Å². The van der Waals surface area contributed by atoms with Crippen LogP contribution >= 0.6 is 0 Å². The van der Waals surface area contributed by atoms with Gasteiger partial charge in [-0.15, -0.1) is 0 Å². The average Bonchev–Trinajstić information content (AvgIpc) is 2.02. The van der Waals surface area contributed by atoms with Crippen molar-refractivity contribution >= 4 is 0 Å². The molecule has 0 atom stereocenters. The zero-order chi connectivity index (χ0) is 9.56. The highest BCUT2D eigenvalue weighted by Gasteiger charge is 2.04. The Labute approximate surface area is 68.5 Å². The molecule has 0 unspecified atom stereocenters. The van der Waals surface area contributed by atoms with E-state index in [0.29, 0.717) is 0 Å². The van der Waals surface area contributed by atoms with Crippen molar-refractivity contribution in [3.8, 4) is 0 Å². The van der Waals surface area contributed by atoms with Crippen molar-refractivity contribution in [1.82, 2.24) is 0 Å². The summed E-state index contributed by atoms with van der Waals surface area (Å²) in [5, 5.41) is 7.57. The number of aliphatic hydroxyl groups is 1. The first kappa shape index (κ1) is 11.0. The number of hydrogen-bond acceptors (Lipinski definition) is 1. The number of benzene rings is 1. The van der Waals surface area contributed by atoms with Crippen LogP contribution in [0.25, 0.3) is 0 Å². The summed E-state index contributed by atoms with van der Waals surface area (Å²) in [5.41, 5.74) is 0. The van der Waals surface area contributed by atoms with Crippen molar-refractivity contribution in [1.29, 1.82) is 0 Å². The minimum absolute atomic E-state index is 0.250. The summed E-state index contributed by atoms with van der Waals surface area (Å²) in [6.45, 7) is 1.93. The molecule has 0 heterocycles. The van der Waals surface area contributed by atoms with Crippen LogP contribution in [0, 0.1) is 17.5 Å². The molecule has 0 aromatic heterocycles. The van der Waals surface area contributed by atoms with Gasteiger partial charge >= 0.3 is 0 Å². The topological polar surface area (TPSA) is 20.2 Å². The monoisotopic (exact) mass is 178 g/mol. The Kier molecular flexibility index (Phi) is 5.12. The van der Waals surface area contributed by atoms with Gasteiger partial charge in [-0.1, -0.05) is 6.07 Å². The molecule has 0 spiro atoms. The highest BCUT2D eigenvalue weighted by Crippen LogP contribution is 2.07. The third-order valence-corrected chi connectivity index (χ3v) is 0.904. The van der Waals surface area contributed by atoms with Gasteiger partial charge in [0.2, 0.25) is 0 Å². The van der Waals surface area contributed by atoms with Gasteiger partial charge in [0.05, 0.1) is 0 Å². The molecule has 0 saturated carbocycles. The van der Waals surface area contributed by atoms with Gasteiger partial charge in [-0.05, 0) is 19.1 Å². The molecule has 1 aromatic carbocycles. The lowest BCUT2D eigenvalue weighted by Crippen LogP contribution is -1.86. The van der Waals surface area contributed by atoms with Crippen LogP contribution in [0.1, 0.15) is 6.92 Å². The minimum Gasteiger partial charge on any atom is -0.397 e. The van der Waals surface area contributed by atoms with Crippen molar-refractivity contribution in [2.24, 2.45) is 0 Å². The van der Waals surface area contributed by atoms with Crippen molar-refractivity contribution in [2.75, 3.05) is 6.61 Å². The summed E-state index contributed by atoms with van der Waals surface area (Å²) in [7, 11) is 0. The molecule has 0 aliphatic carbocycles. The molecule has 1 rings (SSSR count). The predicted octanol–water partition coefficient (Wildman–Crippen LogP) is 2.10. The van der Waals surface area contributed by atoms with Crippen LogP contribution in [0.2, 0.25) is 0 Å². The molecule has 4 heteroatoms. The molecule has 1 nitrogen and oxygen atoms in total. The molecule has 0 saturated heterocycles. The lowest BCUT2D eigenvalue weighted by molar-refractivity contribution is 0.318. The Morgan fingerprint density at radius 2 is 1.50 bits per heavy atom. The maximum Gasteiger partial charge on any atom is 0.194 e. The first-order chi connectivity index (χ1) is 5.63. The van der Waals surface area contributed by atoms with Crippen molar-refractivity contribution in [3.63, 3.8) is 0 Å². The summed E-state index contributed by atoms with van der Waals surface area (Å²) in [6, 6.07) is 2.82. The molecule has 68 valence electrons. The highest BCUT2D eigenvalue weighted by atomic mass is 19.2. The van der Waals surface area contributed by atoms with Gasteiger partial charge < -0.3 is 5.11 Å². The van der Waals surface area contributed by atoms with Gasteiger partial charge in [-0.3, -0.25) is 0 Å². The lowest BCUT2D eigenvalue weighted by atomic mass is 10.3. The molecule has 0 aliphatic heterocycles. The molecular weight excluding hydrogens is 169 g/mol. The molecule has 0 aliphatic rings. The quantitative estimate of drug-likeness (QED) is 0.603. The van der Waals surface area contributed by atoms with Crippen LogP contribution in [0.5, 0.6) is 0 Å². The Balaban J connectivity index is 0.000000354. The van der Waals surface area contributed by atoms with Crippen LogP contribution in [0.3, 0.4) is 0 Å². The molecular formula is C8H9F3O. The minimum atomic E-state index is -1.42. The second-order valence-corrected chi connectivity index (χ2v) is 1.85. The van der Waals surface area contributed by atoms with Gasteiger partial charge in [-0.2, -0.15) is 0 Å². The fourth-order valence-electron chi connectivity index (χ4n) is 0.477. The Bertz CT molecular complexity index is 217. The van der Waals surface area contributed by atoms with E-state index in [4.69, 9.17) is 5.11 Å². The van der Waals surface area contributed by atoms with Gasteiger partial charge in [0.25, 0.3) is 0 Å². The molecule has 0 fully saturated rings. The summed E-state index contributed by atoms with van der Waals surface area (Å²) in [5.74, 6) is -3.73. The Morgan fingerprint density at radius 3 is 1.75 bits per heavy atom. The summed E-state index contributed by atoms with van der Waals surface area (Å²) in [4.78, 5) is 0. The molecule has 12 heavy (non-hydrogen) atoms. The standard InChI is InChI=1S/C6H3F3.C2H6O/c7-4-2-1-3-5(8)6(4)9;1-2-3/h1-3H;3H,2H2,1H3. The Hall–Kier alpha value is -1.03. The van der Waals surface area contributed by atoms with E-state index in [1.54, 1.807) is 6.92 Å². The molecule has 0 radical (unpaired) electrons. The van der Waals surface area contributed by atoms with Gasteiger partial charge in [0, 0.05) is 6.61 Å². The molecule has 1 aromatic rings. The predicted molar refractivity (Wildman–Crippen MR) is 39.1 cm³/mol. The van der Waals surface area contributed by atoms with E-state index in [0.717, 1.165) is 18.2 Å². The summed E-state index contributed by atoms with van der Waals surface area (Å²) >= 11 is 0. The van der Waals surface area contributed by atoms with Crippen LogP contribution < -0.4 is 0 Å². The molecule has 0 bridgehead atoms. The zero-order valence-corrected chi connectivity index (χ0v) is 6.52. The van der Waals surface area contributed by atoms with E-state index in [1.165, 1.54) is 0 Å². The highest BCUT2D eigenvalue weighted by molar-refractivity contribution is 5.07. The van der Waals surface area contributed by atoms with Crippen molar-refractivity contribution in [3.05, 3.63) is 35.7 Å². The largest absolute Gasteiger partial charge is 0.397 e. The number of halogens is 3. The second kappa shape index (κ2) is 5.60. The number of rotatable bonds is 0. The molecule has 1 N–H and O–H groups in total.